The minimum atomic E-state index is 0.439. The molecule has 1 saturated heterocycles. The van der Waals surface area contributed by atoms with Gasteiger partial charge in [-0.05, 0) is 19.4 Å². The molecule has 0 N–H and O–H groups in total. The molecular formula is C12H25NO3. The lowest BCUT2D eigenvalue weighted by Crippen LogP contribution is -2.37. The van der Waals surface area contributed by atoms with Gasteiger partial charge in [-0.15, -0.1) is 0 Å². The highest BCUT2D eigenvalue weighted by Gasteiger charge is 2.17. The van der Waals surface area contributed by atoms with Crippen LogP contribution < -0.4 is 0 Å². The monoisotopic (exact) mass is 231 g/mol. The second kappa shape index (κ2) is 8.93. The van der Waals surface area contributed by atoms with E-state index in [1.807, 2.05) is 0 Å². The van der Waals surface area contributed by atoms with Gasteiger partial charge in [-0.1, -0.05) is 6.92 Å². The molecule has 0 bridgehead atoms. The Labute approximate surface area is 98.8 Å². The molecule has 4 heteroatoms. The van der Waals surface area contributed by atoms with Crippen molar-refractivity contribution in [1.29, 1.82) is 0 Å². The Kier molecular flexibility index (Phi) is 7.76. The Morgan fingerprint density at radius 1 is 1.06 bits per heavy atom. The highest BCUT2D eigenvalue weighted by molar-refractivity contribution is 4.71. The van der Waals surface area contributed by atoms with Gasteiger partial charge in [0.05, 0.1) is 32.5 Å². The third-order valence-electron chi connectivity index (χ3n) is 2.99. The van der Waals surface area contributed by atoms with Crippen LogP contribution in [0.3, 0.4) is 0 Å². The lowest BCUT2D eigenvalue weighted by Gasteiger charge is -2.30. The average Bonchev–Trinajstić information content (AvgIpc) is 2.34. The van der Waals surface area contributed by atoms with Crippen molar-refractivity contribution in [2.45, 2.75) is 25.9 Å². The van der Waals surface area contributed by atoms with E-state index in [1.165, 1.54) is 13.1 Å². The molecule has 4 nitrogen and oxygen atoms in total. The first-order chi connectivity index (χ1) is 7.86. The summed E-state index contributed by atoms with van der Waals surface area (Å²) in [6.07, 6.45) is 2.76. The van der Waals surface area contributed by atoms with Crippen LogP contribution in [0.4, 0.5) is 0 Å². The third kappa shape index (κ3) is 5.80. The Morgan fingerprint density at radius 2 is 1.75 bits per heavy atom. The summed E-state index contributed by atoms with van der Waals surface area (Å²) in [5.74, 6) is 0. The van der Waals surface area contributed by atoms with Crippen molar-refractivity contribution in [2.75, 3.05) is 53.2 Å². The van der Waals surface area contributed by atoms with Crippen molar-refractivity contribution in [3.63, 3.8) is 0 Å². The molecule has 1 aliphatic rings. The zero-order chi connectivity index (χ0) is 11.6. The number of rotatable bonds is 8. The molecule has 0 unspecified atom stereocenters. The highest BCUT2D eigenvalue weighted by atomic mass is 16.5. The van der Waals surface area contributed by atoms with Gasteiger partial charge in [0.15, 0.2) is 0 Å². The SMILES string of the molecule is CCN1CCC(OCCOCCOC)CC1. The Morgan fingerprint density at radius 3 is 2.38 bits per heavy atom. The smallest absolute Gasteiger partial charge is 0.0704 e. The fourth-order valence-electron chi connectivity index (χ4n) is 1.91. The van der Waals surface area contributed by atoms with Crippen LogP contribution >= 0.6 is 0 Å². The maximum atomic E-state index is 5.76. The van der Waals surface area contributed by atoms with Crippen molar-refractivity contribution in [3.05, 3.63) is 0 Å². The molecule has 96 valence electrons. The minimum Gasteiger partial charge on any atom is -0.382 e. The van der Waals surface area contributed by atoms with Crippen LogP contribution in [0.25, 0.3) is 0 Å². The van der Waals surface area contributed by atoms with Gasteiger partial charge in [0, 0.05) is 20.2 Å². The lowest BCUT2D eigenvalue weighted by atomic mass is 10.1. The van der Waals surface area contributed by atoms with E-state index in [-0.39, 0.29) is 0 Å². The summed E-state index contributed by atoms with van der Waals surface area (Å²) in [5.41, 5.74) is 0. The van der Waals surface area contributed by atoms with Crippen LogP contribution in [0.2, 0.25) is 0 Å². The summed E-state index contributed by atoms with van der Waals surface area (Å²) in [4.78, 5) is 2.47. The molecule has 0 spiro atoms. The number of ether oxygens (including phenoxy) is 3. The molecule has 0 aliphatic carbocycles. The fraction of sp³-hybridized carbons (Fsp3) is 1.00. The van der Waals surface area contributed by atoms with Gasteiger partial charge in [0.25, 0.3) is 0 Å². The summed E-state index contributed by atoms with van der Waals surface area (Å²) in [5, 5.41) is 0. The second-order valence-electron chi connectivity index (χ2n) is 4.11. The molecular weight excluding hydrogens is 206 g/mol. The van der Waals surface area contributed by atoms with E-state index < -0.39 is 0 Å². The molecule has 0 saturated carbocycles. The molecule has 1 fully saturated rings. The van der Waals surface area contributed by atoms with Crippen molar-refractivity contribution in [1.82, 2.24) is 4.90 Å². The molecule has 0 aromatic rings. The van der Waals surface area contributed by atoms with Crippen LogP contribution in [0.5, 0.6) is 0 Å². The predicted molar refractivity (Wildman–Crippen MR) is 63.8 cm³/mol. The molecule has 16 heavy (non-hydrogen) atoms. The van der Waals surface area contributed by atoms with Crippen LogP contribution in [0, 0.1) is 0 Å². The maximum absolute atomic E-state index is 5.76. The topological polar surface area (TPSA) is 30.9 Å². The van der Waals surface area contributed by atoms with E-state index in [0.717, 1.165) is 19.4 Å². The molecule has 1 aliphatic heterocycles. The number of methoxy groups -OCH3 is 1. The van der Waals surface area contributed by atoms with Crippen molar-refractivity contribution < 1.29 is 14.2 Å². The van der Waals surface area contributed by atoms with E-state index in [9.17, 15) is 0 Å². The standard InChI is InChI=1S/C12H25NO3/c1-3-13-6-4-12(5-7-13)16-11-10-15-9-8-14-2/h12H,3-11H2,1-2H3. The van der Waals surface area contributed by atoms with Gasteiger partial charge < -0.3 is 19.1 Å². The van der Waals surface area contributed by atoms with Gasteiger partial charge in [-0.25, -0.2) is 0 Å². The van der Waals surface area contributed by atoms with Crippen molar-refractivity contribution in [2.24, 2.45) is 0 Å². The zero-order valence-corrected chi connectivity index (χ0v) is 10.6. The van der Waals surface area contributed by atoms with Crippen LogP contribution in [-0.2, 0) is 14.2 Å². The summed E-state index contributed by atoms with van der Waals surface area (Å²) >= 11 is 0. The first-order valence-corrected chi connectivity index (χ1v) is 6.27. The van der Waals surface area contributed by atoms with Gasteiger partial charge in [0.1, 0.15) is 0 Å². The molecule has 1 heterocycles. The Hall–Kier alpha value is -0.160. The second-order valence-corrected chi connectivity index (χ2v) is 4.11. The number of hydrogen-bond acceptors (Lipinski definition) is 4. The Balaban J connectivity index is 1.90. The van der Waals surface area contributed by atoms with Crippen molar-refractivity contribution in [3.8, 4) is 0 Å². The van der Waals surface area contributed by atoms with Crippen LogP contribution in [0.1, 0.15) is 19.8 Å². The predicted octanol–water partition coefficient (Wildman–Crippen LogP) is 1.15. The largest absolute Gasteiger partial charge is 0.382 e. The lowest BCUT2D eigenvalue weighted by molar-refractivity contribution is -0.0279. The third-order valence-corrected chi connectivity index (χ3v) is 2.99. The number of likely N-dealkylation sites (tertiary alicyclic amines) is 1. The van der Waals surface area contributed by atoms with E-state index >= 15 is 0 Å². The van der Waals surface area contributed by atoms with Crippen molar-refractivity contribution >= 4 is 0 Å². The molecule has 1 rings (SSSR count). The van der Waals surface area contributed by atoms with E-state index in [4.69, 9.17) is 14.2 Å². The van der Waals surface area contributed by atoms with Gasteiger partial charge in [-0.2, -0.15) is 0 Å². The first kappa shape index (κ1) is 13.9. The fourth-order valence-corrected chi connectivity index (χ4v) is 1.91. The first-order valence-electron chi connectivity index (χ1n) is 6.27. The van der Waals surface area contributed by atoms with Crippen LogP contribution in [0.15, 0.2) is 0 Å². The number of hydrogen-bond donors (Lipinski definition) is 0. The minimum absolute atomic E-state index is 0.439. The molecule has 0 atom stereocenters. The Bertz CT molecular complexity index is 158. The van der Waals surface area contributed by atoms with E-state index in [1.54, 1.807) is 7.11 Å². The summed E-state index contributed by atoms with van der Waals surface area (Å²) in [6.45, 7) is 8.43. The zero-order valence-electron chi connectivity index (χ0n) is 10.6. The van der Waals surface area contributed by atoms with Gasteiger partial charge >= 0.3 is 0 Å². The average molecular weight is 231 g/mol. The molecule has 0 amide bonds. The van der Waals surface area contributed by atoms with E-state index in [2.05, 4.69) is 11.8 Å². The summed E-state index contributed by atoms with van der Waals surface area (Å²) in [6, 6.07) is 0. The van der Waals surface area contributed by atoms with Gasteiger partial charge in [0.2, 0.25) is 0 Å². The molecule has 0 aromatic carbocycles. The molecule has 0 aromatic heterocycles. The summed E-state index contributed by atoms with van der Waals surface area (Å²) < 4.78 is 16.0. The van der Waals surface area contributed by atoms with Gasteiger partial charge in [-0.3, -0.25) is 0 Å². The highest BCUT2D eigenvalue weighted by Crippen LogP contribution is 2.12. The number of piperidine rings is 1. The normalized spacial score (nSPS) is 19.1. The summed E-state index contributed by atoms with van der Waals surface area (Å²) in [7, 11) is 1.68. The van der Waals surface area contributed by atoms with Crippen LogP contribution in [-0.4, -0.2) is 64.2 Å². The maximum Gasteiger partial charge on any atom is 0.0704 e. The quantitative estimate of drug-likeness (QED) is 0.586. The molecule has 0 radical (unpaired) electrons. The number of nitrogens with zero attached hydrogens (tertiary/aromatic N) is 1. The van der Waals surface area contributed by atoms with E-state index in [0.29, 0.717) is 32.5 Å².